The number of rotatable bonds is 7. The highest BCUT2D eigenvalue weighted by molar-refractivity contribution is 5.33. The molecule has 0 saturated heterocycles. The molecular weight excluding hydrogens is 326 g/mol. The first kappa shape index (κ1) is 22.3. The number of imidazole rings is 1. The van der Waals surface area contributed by atoms with Gasteiger partial charge in [-0.15, -0.1) is 0 Å². The molecule has 0 saturated carbocycles. The van der Waals surface area contributed by atoms with Crippen molar-refractivity contribution in [3.8, 4) is 0 Å². The Morgan fingerprint density at radius 3 is 2.40 bits per heavy atom. The predicted octanol–water partition coefficient (Wildman–Crippen LogP) is 1.17. The van der Waals surface area contributed by atoms with Crippen LogP contribution in [0.15, 0.2) is 24.8 Å². The molecule has 0 aromatic carbocycles. The average Bonchev–Trinajstić information content (AvgIpc) is 3.15. The zero-order valence-corrected chi connectivity index (χ0v) is 14.9. The number of aromatic nitrogens is 4. The normalized spacial score (nSPS) is 10.7. The smallest absolute Gasteiger partial charge is 0.290 e. The van der Waals surface area contributed by atoms with Gasteiger partial charge in [-0.2, -0.15) is 5.10 Å². The fraction of sp³-hybridized carbons (Fsp3) is 0.500. The average molecular weight is 353 g/mol. The highest BCUT2D eigenvalue weighted by atomic mass is 16.3. The van der Waals surface area contributed by atoms with Crippen molar-refractivity contribution in [2.24, 2.45) is 0 Å². The second kappa shape index (κ2) is 13.7. The molecule has 9 nitrogen and oxygen atoms in total. The maximum absolute atomic E-state index is 8.36. The van der Waals surface area contributed by atoms with Crippen LogP contribution in [-0.4, -0.2) is 55.1 Å². The van der Waals surface area contributed by atoms with Crippen LogP contribution in [0.2, 0.25) is 0 Å². The van der Waals surface area contributed by atoms with Gasteiger partial charge in [-0.1, -0.05) is 0 Å². The minimum atomic E-state index is -0.250. The molecule has 3 N–H and O–H groups in total. The third kappa shape index (κ3) is 10.7. The van der Waals surface area contributed by atoms with E-state index in [1.165, 1.54) is 5.69 Å². The highest BCUT2D eigenvalue weighted by Crippen LogP contribution is 2.02. The second-order valence-electron chi connectivity index (χ2n) is 5.33. The van der Waals surface area contributed by atoms with E-state index >= 15 is 0 Å². The number of nitrogens with zero attached hydrogens (tertiary/aromatic N) is 4. The molecule has 1 atom stereocenters. The van der Waals surface area contributed by atoms with Crippen LogP contribution in [0.1, 0.15) is 24.7 Å². The highest BCUT2D eigenvalue weighted by Gasteiger charge is 2.06. The Balaban J connectivity index is 0.000000844. The quantitative estimate of drug-likeness (QED) is 0.504. The van der Waals surface area contributed by atoms with Crippen molar-refractivity contribution in [3.63, 3.8) is 0 Å². The van der Waals surface area contributed by atoms with E-state index in [2.05, 4.69) is 44.6 Å². The van der Waals surface area contributed by atoms with Gasteiger partial charge in [0.2, 0.25) is 0 Å². The van der Waals surface area contributed by atoms with Crippen molar-refractivity contribution >= 4 is 12.9 Å². The lowest BCUT2D eigenvalue weighted by atomic mass is 10.3. The van der Waals surface area contributed by atoms with E-state index in [0.29, 0.717) is 6.04 Å². The van der Waals surface area contributed by atoms with Gasteiger partial charge in [0.15, 0.2) is 0 Å². The van der Waals surface area contributed by atoms with E-state index in [4.69, 9.17) is 19.8 Å². The first-order chi connectivity index (χ1) is 12.0. The Morgan fingerprint density at radius 1 is 1.28 bits per heavy atom. The van der Waals surface area contributed by atoms with Gasteiger partial charge in [0, 0.05) is 30.7 Å². The first-order valence-electron chi connectivity index (χ1n) is 7.84. The topological polar surface area (TPSA) is 122 Å². The van der Waals surface area contributed by atoms with Crippen LogP contribution in [0.5, 0.6) is 0 Å². The van der Waals surface area contributed by atoms with E-state index in [1.54, 1.807) is 0 Å². The van der Waals surface area contributed by atoms with Crippen LogP contribution >= 0.6 is 0 Å². The number of hydrogen-bond donors (Lipinski definition) is 3. The summed E-state index contributed by atoms with van der Waals surface area (Å²) in [5.41, 5.74) is 2.31. The van der Waals surface area contributed by atoms with Gasteiger partial charge in [0.1, 0.15) is 0 Å². The van der Waals surface area contributed by atoms with E-state index < -0.39 is 0 Å². The summed E-state index contributed by atoms with van der Waals surface area (Å²) in [6, 6.07) is 2.55. The molecule has 2 aromatic rings. The summed E-state index contributed by atoms with van der Waals surface area (Å²) in [6.45, 7) is 8.79. The largest absolute Gasteiger partial charge is 0.483 e. The second-order valence-corrected chi connectivity index (χ2v) is 5.33. The molecule has 2 heterocycles. The standard InChI is InChI=1S/C14H23N5.2CH2O2/c1-12-9-14(3)19(17-12)10-13(2)16-5-4-7-18-8-6-15-11-18;2*2-1-3/h6,8-9,11,13,16H,4-5,7,10H2,1-3H3;2*1H,(H,2,3). The molecule has 0 radical (unpaired) electrons. The number of aryl methyl sites for hydroxylation is 3. The number of hydrogen-bond acceptors (Lipinski definition) is 5. The lowest BCUT2D eigenvalue weighted by Crippen LogP contribution is -2.32. The maximum atomic E-state index is 8.36. The van der Waals surface area contributed by atoms with Gasteiger partial charge >= 0.3 is 0 Å². The maximum Gasteiger partial charge on any atom is 0.290 e. The van der Waals surface area contributed by atoms with Crippen molar-refractivity contribution in [2.75, 3.05) is 6.54 Å². The molecule has 0 bridgehead atoms. The number of carbonyl (C=O) groups is 2. The van der Waals surface area contributed by atoms with Crippen molar-refractivity contribution < 1.29 is 19.8 Å². The summed E-state index contributed by atoms with van der Waals surface area (Å²) in [4.78, 5) is 20.8. The number of carboxylic acid groups (broad SMARTS) is 2. The minimum Gasteiger partial charge on any atom is -0.483 e. The van der Waals surface area contributed by atoms with E-state index in [0.717, 1.165) is 31.7 Å². The van der Waals surface area contributed by atoms with Crippen LogP contribution in [0, 0.1) is 13.8 Å². The van der Waals surface area contributed by atoms with E-state index in [1.807, 2.05) is 25.6 Å². The first-order valence-corrected chi connectivity index (χ1v) is 7.84. The fourth-order valence-corrected chi connectivity index (χ4v) is 2.21. The summed E-state index contributed by atoms with van der Waals surface area (Å²) in [5, 5.41) is 21.8. The molecule has 2 aromatic heterocycles. The molecule has 0 aliphatic rings. The number of nitrogens with one attached hydrogen (secondary N) is 1. The van der Waals surface area contributed by atoms with Crippen LogP contribution in [0.3, 0.4) is 0 Å². The molecule has 0 spiro atoms. The van der Waals surface area contributed by atoms with Crippen LogP contribution in [0.25, 0.3) is 0 Å². The van der Waals surface area contributed by atoms with Crippen molar-refractivity contribution in [2.45, 2.75) is 46.3 Å². The third-order valence-corrected chi connectivity index (χ3v) is 3.20. The van der Waals surface area contributed by atoms with E-state index in [-0.39, 0.29) is 12.9 Å². The Kier molecular flexibility index (Phi) is 12.3. The Bertz CT molecular complexity index is 577. The molecule has 2 rings (SSSR count). The van der Waals surface area contributed by atoms with Gasteiger partial charge in [-0.05, 0) is 39.8 Å². The van der Waals surface area contributed by atoms with Crippen LogP contribution < -0.4 is 5.32 Å². The zero-order valence-electron chi connectivity index (χ0n) is 14.9. The Hall–Kier alpha value is -2.68. The van der Waals surface area contributed by atoms with E-state index in [9.17, 15) is 0 Å². The molecule has 25 heavy (non-hydrogen) atoms. The molecule has 140 valence electrons. The summed E-state index contributed by atoms with van der Waals surface area (Å²) in [6.07, 6.45) is 6.79. The van der Waals surface area contributed by atoms with Crippen molar-refractivity contribution in [1.82, 2.24) is 24.6 Å². The lowest BCUT2D eigenvalue weighted by molar-refractivity contribution is -0.123. The van der Waals surface area contributed by atoms with Gasteiger partial charge in [-0.25, -0.2) is 4.98 Å². The molecule has 0 amide bonds. The molecule has 0 aliphatic heterocycles. The van der Waals surface area contributed by atoms with Crippen molar-refractivity contribution in [1.29, 1.82) is 0 Å². The predicted molar refractivity (Wildman–Crippen MR) is 93.4 cm³/mol. The third-order valence-electron chi connectivity index (χ3n) is 3.20. The monoisotopic (exact) mass is 353 g/mol. The molecule has 9 heteroatoms. The Labute approximate surface area is 147 Å². The molecule has 0 fully saturated rings. The molecule has 1 unspecified atom stereocenters. The SMILES string of the molecule is Cc1cc(C)n(CC(C)NCCCn2ccnc2)n1.O=CO.O=CO. The van der Waals surface area contributed by atoms with Crippen LogP contribution in [-0.2, 0) is 22.7 Å². The zero-order chi connectivity index (χ0) is 19.1. The van der Waals surface area contributed by atoms with Gasteiger partial charge in [-0.3, -0.25) is 14.3 Å². The fourth-order valence-electron chi connectivity index (χ4n) is 2.21. The minimum absolute atomic E-state index is 0.250. The Morgan fingerprint density at radius 2 is 1.92 bits per heavy atom. The molecule has 0 aliphatic carbocycles. The van der Waals surface area contributed by atoms with Gasteiger partial charge in [0.25, 0.3) is 12.9 Å². The van der Waals surface area contributed by atoms with Gasteiger partial charge < -0.3 is 20.1 Å². The molecular formula is C16H27N5O4. The summed E-state index contributed by atoms with van der Waals surface area (Å²) in [7, 11) is 0. The van der Waals surface area contributed by atoms with Crippen molar-refractivity contribution in [3.05, 3.63) is 36.2 Å². The summed E-state index contributed by atoms with van der Waals surface area (Å²) < 4.78 is 4.18. The van der Waals surface area contributed by atoms with Crippen LogP contribution in [0.4, 0.5) is 0 Å². The van der Waals surface area contributed by atoms with Gasteiger partial charge in [0.05, 0.1) is 18.6 Å². The summed E-state index contributed by atoms with van der Waals surface area (Å²) >= 11 is 0. The lowest BCUT2D eigenvalue weighted by Gasteiger charge is -2.15. The summed E-state index contributed by atoms with van der Waals surface area (Å²) in [5.74, 6) is 0.